The number of ether oxygens (including phenoxy) is 1. The molecule has 1 aliphatic carbocycles. The van der Waals surface area contributed by atoms with E-state index in [0.29, 0.717) is 5.92 Å². The molecule has 20 heavy (non-hydrogen) atoms. The second-order valence-corrected chi connectivity index (χ2v) is 6.25. The number of nitrogens with zero attached hydrogens (tertiary/aromatic N) is 1. The van der Waals surface area contributed by atoms with Gasteiger partial charge < -0.3 is 4.74 Å². The Morgan fingerprint density at radius 2 is 2.15 bits per heavy atom. The van der Waals surface area contributed by atoms with Gasteiger partial charge in [-0.15, -0.1) is 0 Å². The van der Waals surface area contributed by atoms with Crippen LogP contribution in [0.3, 0.4) is 0 Å². The van der Waals surface area contributed by atoms with Crippen LogP contribution in [-0.4, -0.2) is 31.1 Å². The van der Waals surface area contributed by atoms with E-state index in [1.54, 1.807) is 0 Å². The molecule has 108 valence electrons. The molecule has 0 unspecified atom stereocenters. The molecule has 1 aromatic carbocycles. The molecule has 1 heterocycles. The molecule has 0 aromatic heterocycles. The molecule has 3 nitrogen and oxygen atoms in total. The van der Waals surface area contributed by atoms with Crippen LogP contribution < -0.4 is 0 Å². The van der Waals surface area contributed by atoms with Gasteiger partial charge in [-0.3, -0.25) is 9.69 Å². The maximum atomic E-state index is 12.3. The predicted octanol–water partition coefficient (Wildman–Crippen LogP) is 2.85. The van der Waals surface area contributed by atoms with Crippen LogP contribution in [0.25, 0.3) is 0 Å². The van der Waals surface area contributed by atoms with E-state index in [4.69, 9.17) is 4.74 Å². The van der Waals surface area contributed by atoms with Gasteiger partial charge in [-0.05, 0) is 24.3 Å². The predicted molar refractivity (Wildman–Crippen MR) is 78.1 cm³/mol. The maximum absolute atomic E-state index is 12.3. The standard InChI is InChI=1S/C17H23NO2/c1-20-16(19)17-10-6-5-9-15(17)12-18(13-17)11-14-7-3-2-4-8-14/h2-4,7-8,15H,5-6,9-13H2,1H3/t15-,17-/m0/s1. The summed E-state index contributed by atoms with van der Waals surface area (Å²) in [5.41, 5.74) is 1.09. The highest BCUT2D eigenvalue weighted by Crippen LogP contribution is 2.47. The van der Waals surface area contributed by atoms with E-state index in [1.165, 1.54) is 25.5 Å². The minimum atomic E-state index is -0.234. The summed E-state index contributed by atoms with van der Waals surface area (Å²) in [6.07, 6.45) is 4.57. The van der Waals surface area contributed by atoms with Crippen molar-refractivity contribution in [3.05, 3.63) is 35.9 Å². The van der Waals surface area contributed by atoms with Crippen LogP contribution in [0.2, 0.25) is 0 Å². The Hall–Kier alpha value is -1.35. The smallest absolute Gasteiger partial charge is 0.313 e. The lowest BCUT2D eigenvalue weighted by atomic mass is 9.68. The molecule has 0 N–H and O–H groups in total. The second-order valence-electron chi connectivity index (χ2n) is 6.25. The Morgan fingerprint density at radius 3 is 2.90 bits per heavy atom. The van der Waals surface area contributed by atoms with Gasteiger partial charge in [0.2, 0.25) is 0 Å². The molecule has 0 amide bonds. The quantitative estimate of drug-likeness (QED) is 0.793. The Morgan fingerprint density at radius 1 is 1.35 bits per heavy atom. The molecule has 0 spiro atoms. The van der Waals surface area contributed by atoms with Gasteiger partial charge in [-0.25, -0.2) is 0 Å². The first-order chi connectivity index (χ1) is 9.74. The number of carbonyl (C=O) groups is 1. The Labute approximate surface area is 120 Å². The third-order valence-electron chi connectivity index (χ3n) is 5.03. The van der Waals surface area contributed by atoms with Crippen molar-refractivity contribution >= 4 is 5.97 Å². The number of carbonyl (C=O) groups excluding carboxylic acids is 1. The van der Waals surface area contributed by atoms with Crippen molar-refractivity contribution in [3.63, 3.8) is 0 Å². The Balaban J connectivity index is 1.76. The summed E-state index contributed by atoms with van der Waals surface area (Å²) in [6, 6.07) is 10.5. The lowest BCUT2D eigenvalue weighted by Crippen LogP contribution is -2.42. The molecule has 0 bridgehead atoms. The zero-order valence-electron chi connectivity index (χ0n) is 12.2. The van der Waals surface area contributed by atoms with Gasteiger partial charge in [0.15, 0.2) is 0 Å². The monoisotopic (exact) mass is 273 g/mol. The summed E-state index contributed by atoms with van der Waals surface area (Å²) < 4.78 is 5.13. The summed E-state index contributed by atoms with van der Waals surface area (Å²) in [4.78, 5) is 14.8. The van der Waals surface area contributed by atoms with E-state index in [2.05, 4.69) is 29.2 Å². The number of fused-ring (bicyclic) bond motifs is 1. The topological polar surface area (TPSA) is 29.5 Å². The number of hydrogen-bond acceptors (Lipinski definition) is 3. The first-order valence-corrected chi connectivity index (χ1v) is 7.59. The highest BCUT2D eigenvalue weighted by molar-refractivity contribution is 5.78. The molecule has 2 atom stereocenters. The van der Waals surface area contributed by atoms with Crippen LogP contribution in [-0.2, 0) is 16.1 Å². The average Bonchev–Trinajstić information content (AvgIpc) is 2.86. The first-order valence-electron chi connectivity index (χ1n) is 7.59. The lowest BCUT2D eigenvalue weighted by Gasteiger charge is -2.35. The number of benzene rings is 1. The fourth-order valence-electron chi connectivity index (χ4n) is 4.06. The second kappa shape index (κ2) is 5.57. The van der Waals surface area contributed by atoms with Gasteiger partial charge in [0.05, 0.1) is 12.5 Å². The summed E-state index contributed by atoms with van der Waals surface area (Å²) in [5.74, 6) is 0.491. The summed E-state index contributed by atoms with van der Waals surface area (Å²) in [5, 5.41) is 0. The normalized spacial score (nSPS) is 29.9. The van der Waals surface area contributed by atoms with E-state index in [1.807, 2.05) is 6.07 Å². The van der Waals surface area contributed by atoms with Gasteiger partial charge >= 0.3 is 5.97 Å². The third-order valence-corrected chi connectivity index (χ3v) is 5.03. The fourth-order valence-corrected chi connectivity index (χ4v) is 4.06. The lowest BCUT2D eigenvalue weighted by molar-refractivity contribution is -0.156. The Kier molecular flexibility index (Phi) is 3.79. The van der Waals surface area contributed by atoms with Crippen molar-refractivity contribution in [3.8, 4) is 0 Å². The van der Waals surface area contributed by atoms with Crippen molar-refractivity contribution in [2.24, 2.45) is 11.3 Å². The van der Waals surface area contributed by atoms with Crippen molar-refractivity contribution in [1.82, 2.24) is 4.90 Å². The summed E-state index contributed by atoms with van der Waals surface area (Å²) >= 11 is 0. The van der Waals surface area contributed by atoms with Crippen LogP contribution in [0, 0.1) is 11.3 Å². The van der Waals surface area contributed by atoms with Crippen LogP contribution >= 0.6 is 0 Å². The number of likely N-dealkylation sites (tertiary alicyclic amines) is 1. The molecule has 1 saturated heterocycles. The minimum Gasteiger partial charge on any atom is -0.469 e. The summed E-state index contributed by atoms with van der Waals surface area (Å²) in [6.45, 7) is 2.83. The molecular weight excluding hydrogens is 250 g/mol. The molecule has 1 saturated carbocycles. The van der Waals surface area contributed by atoms with E-state index in [9.17, 15) is 4.79 Å². The van der Waals surface area contributed by atoms with E-state index < -0.39 is 0 Å². The zero-order chi connectivity index (χ0) is 14.0. The molecule has 0 radical (unpaired) electrons. The number of rotatable bonds is 3. The first kappa shape index (κ1) is 13.6. The van der Waals surface area contributed by atoms with Crippen LogP contribution in [0.4, 0.5) is 0 Å². The van der Waals surface area contributed by atoms with Gasteiger partial charge in [-0.1, -0.05) is 43.2 Å². The highest BCUT2D eigenvalue weighted by atomic mass is 16.5. The molecule has 1 aromatic rings. The van der Waals surface area contributed by atoms with Gasteiger partial charge in [0, 0.05) is 19.6 Å². The van der Waals surface area contributed by atoms with Crippen molar-refractivity contribution in [2.45, 2.75) is 32.2 Å². The molecular formula is C17H23NO2. The maximum Gasteiger partial charge on any atom is 0.313 e. The molecule has 2 fully saturated rings. The minimum absolute atomic E-state index is 0.0118. The van der Waals surface area contributed by atoms with Crippen LogP contribution in [0.1, 0.15) is 31.2 Å². The van der Waals surface area contributed by atoms with Gasteiger partial charge in [0.1, 0.15) is 0 Å². The largest absolute Gasteiger partial charge is 0.469 e. The number of methoxy groups -OCH3 is 1. The third kappa shape index (κ3) is 2.35. The molecule has 3 rings (SSSR count). The Bertz CT molecular complexity index is 473. The average molecular weight is 273 g/mol. The number of hydrogen-bond donors (Lipinski definition) is 0. The van der Waals surface area contributed by atoms with Crippen molar-refractivity contribution in [2.75, 3.05) is 20.2 Å². The van der Waals surface area contributed by atoms with Gasteiger partial charge in [0.25, 0.3) is 0 Å². The fraction of sp³-hybridized carbons (Fsp3) is 0.588. The zero-order valence-corrected chi connectivity index (χ0v) is 12.2. The number of esters is 1. The summed E-state index contributed by atoms with van der Waals surface area (Å²) in [7, 11) is 1.53. The SMILES string of the molecule is COC(=O)[C@]12CCCC[C@H]1CN(Cc1ccccc1)C2. The van der Waals surface area contributed by atoms with Crippen molar-refractivity contribution < 1.29 is 9.53 Å². The van der Waals surface area contributed by atoms with Crippen molar-refractivity contribution in [1.29, 1.82) is 0 Å². The van der Waals surface area contributed by atoms with Gasteiger partial charge in [-0.2, -0.15) is 0 Å². The van der Waals surface area contributed by atoms with Crippen LogP contribution in [0.5, 0.6) is 0 Å². The highest BCUT2D eigenvalue weighted by Gasteiger charge is 2.53. The van der Waals surface area contributed by atoms with E-state index in [-0.39, 0.29) is 11.4 Å². The molecule has 1 aliphatic heterocycles. The van der Waals surface area contributed by atoms with Crippen LogP contribution in [0.15, 0.2) is 30.3 Å². The molecule has 3 heteroatoms. The van der Waals surface area contributed by atoms with E-state index >= 15 is 0 Å². The van der Waals surface area contributed by atoms with E-state index in [0.717, 1.165) is 32.5 Å². The molecule has 2 aliphatic rings.